The molecule has 0 amide bonds. The summed E-state index contributed by atoms with van der Waals surface area (Å²) < 4.78 is 19.6. The van der Waals surface area contributed by atoms with Gasteiger partial charge in [-0.05, 0) is 24.1 Å². The average molecular weight is 471 g/mol. The molecule has 0 radical (unpaired) electrons. The average Bonchev–Trinajstić information content (AvgIpc) is 3.52. The van der Waals surface area contributed by atoms with E-state index in [2.05, 4.69) is 33.1 Å². The van der Waals surface area contributed by atoms with Crippen molar-refractivity contribution in [3.63, 3.8) is 0 Å². The maximum absolute atomic E-state index is 9.00. The summed E-state index contributed by atoms with van der Waals surface area (Å²) in [5.41, 5.74) is 4.11. The summed E-state index contributed by atoms with van der Waals surface area (Å²) >= 11 is 1.69. The highest BCUT2D eigenvalue weighted by molar-refractivity contribution is 7.22. The van der Waals surface area contributed by atoms with E-state index in [1.54, 1.807) is 25.6 Å². The van der Waals surface area contributed by atoms with Gasteiger partial charge in [-0.1, -0.05) is 17.4 Å². The number of methoxy groups -OCH3 is 2. The molecule has 10 heteroatoms. The second-order valence-electron chi connectivity index (χ2n) is 7.61. The Morgan fingerprint density at radius 1 is 1.24 bits per heavy atom. The molecule has 9 nitrogen and oxygen atoms in total. The van der Waals surface area contributed by atoms with Crippen molar-refractivity contribution in [3.05, 3.63) is 42.2 Å². The van der Waals surface area contributed by atoms with Crippen molar-refractivity contribution in [1.29, 1.82) is 0 Å². The minimum atomic E-state index is -0.833. The van der Waals surface area contributed by atoms with E-state index in [1.165, 1.54) is 10.3 Å². The predicted molar refractivity (Wildman–Crippen MR) is 128 cm³/mol. The van der Waals surface area contributed by atoms with Crippen LogP contribution < -0.4 is 14.8 Å². The summed E-state index contributed by atoms with van der Waals surface area (Å²) in [6.45, 7) is 3.38. The number of hydrogen-bond donors (Lipinski definition) is 2. The summed E-state index contributed by atoms with van der Waals surface area (Å²) in [5, 5.41) is 11.9. The van der Waals surface area contributed by atoms with Crippen LogP contribution in [0.15, 0.2) is 36.7 Å². The lowest BCUT2D eigenvalue weighted by Crippen LogP contribution is -2.18. The molecule has 0 aliphatic carbocycles. The first-order valence-electron chi connectivity index (χ1n) is 10.5. The number of nitrogens with one attached hydrogen (secondary N) is 1. The first-order chi connectivity index (χ1) is 16.0. The lowest BCUT2D eigenvalue weighted by atomic mass is 10.2. The Hall–Kier alpha value is -3.37. The molecule has 33 heavy (non-hydrogen) atoms. The number of fused-ring (bicyclic) bond motifs is 2. The van der Waals surface area contributed by atoms with Gasteiger partial charge in [-0.25, -0.2) is 9.97 Å². The molecule has 1 aliphatic rings. The number of aliphatic carboxylic acids is 1. The molecule has 174 valence electrons. The Labute approximate surface area is 194 Å². The number of carboxylic acids is 1. The van der Waals surface area contributed by atoms with E-state index in [0.29, 0.717) is 17.5 Å². The maximum Gasteiger partial charge on any atom is 0.300 e. The van der Waals surface area contributed by atoms with Gasteiger partial charge in [0.25, 0.3) is 5.97 Å². The largest absolute Gasteiger partial charge is 0.493 e. The molecule has 3 heterocycles. The molecule has 1 saturated heterocycles. The van der Waals surface area contributed by atoms with E-state index in [0.717, 1.165) is 54.8 Å². The van der Waals surface area contributed by atoms with Gasteiger partial charge in [0, 0.05) is 32.2 Å². The molecule has 2 N–H and O–H groups in total. The van der Waals surface area contributed by atoms with Crippen LogP contribution >= 0.6 is 11.3 Å². The van der Waals surface area contributed by atoms with Crippen LogP contribution in [-0.2, 0) is 16.1 Å². The number of anilines is 1. The van der Waals surface area contributed by atoms with Crippen molar-refractivity contribution < 1.29 is 24.1 Å². The molecule has 0 unspecified atom stereocenters. The van der Waals surface area contributed by atoms with E-state index in [1.807, 2.05) is 18.5 Å². The lowest BCUT2D eigenvalue weighted by Gasteiger charge is -2.09. The third-order valence-electron chi connectivity index (χ3n) is 5.19. The van der Waals surface area contributed by atoms with Crippen molar-refractivity contribution >= 4 is 43.7 Å². The number of nitrogens with zero attached hydrogens (tertiary/aromatic N) is 3. The second kappa shape index (κ2) is 10.1. The summed E-state index contributed by atoms with van der Waals surface area (Å²) in [7, 11) is 3.28. The lowest BCUT2D eigenvalue weighted by molar-refractivity contribution is -0.134. The molecule has 2 aromatic carbocycles. The first kappa shape index (κ1) is 22.8. The Morgan fingerprint density at radius 3 is 2.70 bits per heavy atom. The van der Waals surface area contributed by atoms with Gasteiger partial charge in [0.15, 0.2) is 16.6 Å². The number of benzene rings is 2. The molecular formula is C23H26N4O5S. The Morgan fingerprint density at radius 2 is 2.00 bits per heavy atom. The molecule has 0 bridgehead atoms. The molecule has 4 aromatic rings. The minimum Gasteiger partial charge on any atom is -0.493 e. The summed E-state index contributed by atoms with van der Waals surface area (Å²) in [5.74, 6) is 0.551. The second-order valence-corrected chi connectivity index (χ2v) is 8.64. The topological polar surface area (TPSA) is 108 Å². The highest BCUT2D eigenvalue weighted by Crippen LogP contribution is 2.32. The van der Waals surface area contributed by atoms with Crippen LogP contribution in [0.2, 0.25) is 0 Å². The van der Waals surface area contributed by atoms with Crippen LogP contribution in [0.5, 0.6) is 11.5 Å². The number of carboxylic acid groups (broad SMARTS) is 1. The zero-order chi connectivity index (χ0) is 23.4. The molecule has 1 atom stereocenters. The van der Waals surface area contributed by atoms with Gasteiger partial charge in [0.1, 0.15) is 0 Å². The molecular weight excluding hydrogens is 444 g/mol. The molecule has 0 saturated carbocycles. The van der Waals surface area contributed by atoms with Crippen LogP contribution in [0.3, 0.4) is 0 Å². The number of aromatic nitrogens is 3. The van der Waals surface area contributed by atoms with Crippen LogP contribution in [0.25, 0.3) is 21.3 Å². The van der Waals surface area contributed by atoms with Crippen molar-refractivity contribution in [1.82, 2.24) is 14.5 Å². The van der Waals surface area contributed by atoms with E-state index < -0.39 is 5.97 Å². The third-order valence-corrected chi connectivity index (χ3v) is 6.14. The smallest absolute Gasteiger partial charge is 0.300 e. The van der Waals surface area contributed by atoms with Gasteiger partial charge in [-0.15, -0.1) is 0 Å². The number of thiazole rings is 1. The maximum atomic E-state index is 9.00. The van der Waals surface area contributed by atoms with Crippen molar-refractivity contribution in [2.24, 2.45) is 0 Å². The number of hydrogen-bond acceptors (Lipinski definition) is 8. The van der Waals surface area contributed by atoms with Gasteiger partial charge < -0.3 is 29.2 Å². The Balaban J connectivity index is 0.000000601. The number of imidazole rings is 1. The summed E-state index contributed by atoms with van der Waals surface area (Å²) in [6, 6.07) is 10.6. The van der Waals surface area contributed by atoms with E-state index in [4.69, 9.17) is 29.1 Å². The first-order valence-corrected chi connectivity index (χ1v) is 11.3. The predicted octanol–water partition coefficient (Wildman–Crippen LogP) is 4.00. The molecule has 0 spiro atoms. The Bertz CT molecular complexity index is 1260. The number of ether oxygens (including phenoxy) is 3. The molecule has 2 aromatic heterocycles. The van der Waals surface area contributed by atoms with E-state index >= 15 is 0 Å². The fourth-order valence-electron chi connectivity index (χ4n) is 3.66. The fraction of sp³-hybridized carbons (Fsp3) is 0.348. The zero-order valence-corrected chi connectivity index (χ0v) is 19.5. The summed E-state index contributed by atoms with van der Waals surface area (Å²) in [4.78, 5) is 18.2. The van der Waals surface area contributed by atoms with E-state index in [-0.39, 0.29) is 0 Å². The van der Waals surface area contributed by atoms with Gasteiger partial charge in [-0.2, -0.15) is 0 Å². The quantitative estimate of drug-likeness (QED) is 0.435. The SMILES string of the molecule is CC(=O)O.COc1cc2ncn(Cc3ccc4nc(N[C@@H]5CCOC5)sc4c3)c2cc1OC. The third kappa shape index (κ3) is 5.35. The molecule has 5 rings (SSSR count). The van der Waals surface area contributed by atoms with Crippen LogP contribution in [-0.4, -0.2) is 59.1 Å². The number of rotatable bonds is 6. The van der Waals surface area contributed by atoms with Crippen LogP contribution in [0.1, 0.15) is 18.9 Å². The van der Waals surface area contributed by atoms with Gasteiger partial charge in [0.2, 0.25) is 0 Å². The van der Waals surface area contributed by atoms with Crippen LogP contribution in [0, 0.1) is 0 Å². The number of carbonyl (C=O) groups is 1. The zero-order valence-electron chi connectivity index (χ0n) is 18.7. The fourth-order valence-corrected chi connectivity index (χ4v) is 4.67. The van der Waals surface area contributed by atoms with Crippen molar-refractivity contribution in [2.45, 2.75) is 25.9 Å². The van der Waals surface area contributed by atoms with Crippen molar-refractivity contribution in [3.8, 4) is 11.5 Å². The van der Waals surface area contributed by atoms with E-state index in [9.17, 15) is 0 Å². The highest BCUT2D eigenvalue weighted by atomic mass is 32.1. The van der Waals surface area contributed by atoms with Crippen LogP contribution in [0.4, 0.5) is 5.13 Å². The van der Waals surface area contributed by atoms with Gasteiger partial charge in [-0.3, -0.25) is 4.79 Å². The monoisotopic (exact) mass is 470 g/mol. The summed E-state index contributed by atoms with van der Waals surface area (Å²) in [6.07, 6.45) is 2.89. The standard InChI is InChI=1S/C21H22N4O3S.C2H4O2/c1-26-18-8-16-17(9-19(18)27-2)25(12-22-16)10-13-3-4-15-20(7-13)29-21(24-15)23-14-5-6-28-11-14;1-2(3)4/h3-4,7-9,12,14H,5-6,10-11H2,1-2H3,(H,23,24);1H3,(H,3,4)/t14-;/m1./s1. The normalized spacial score (nSPS) is 15.3. The Kier molecular flexibility index (Phi) is 6.95. The van der Waals surface area contributed by atoms with Crippen molar-refractivity contribution in [2.75, 3.05) is 32.8 Å². The minimum absolute atomic E-state index is 0.360. The van der Waals surface area contributed by atoms with Gasteiger partial charge in [0.05, 0.1) is 54.4 Å². The molecule has 1 fully saturated rings. The van der Waals surface area contributed by atoms with Gasteiger partial charge >= 0.3 is 0 Å². The molecule has 1 aliphatic heterocycles. The highest BCUT2D eigenvalue weighted by Gasteiger charge is 2.17.